The zero-order valence-corrected chi connectivity index (χ0v) is 11.1. The molecule has 0 unspecified atom stereocenters. The van der Waals surface area contributed by atoms with Crippen molar-refractivity contribution < 1.29 is 9.53 Å². The standard InChI is InChI=1S/C15H11NO2S/c1-10(17)18-12-6-4-5-11(9-12)15-16-13-7-2-3-8-14(13)19-15/h2-9H,1H3. The molecule has 0 N–H and O–H groups in total. The predicted molar refractivity (Wildman–Crippen MR) is 76.4 cm³/mol. The van der Waals surface area contributed by atoms with Crippen LogP contribution in [-0.2, 0) is 4.79 Å². The number of aromatic nitrogens is 1. The molecular formula is C15H11NO2S. The molecule has 4 heteroatoms. The highest BCUT2D eigenvalue weighted by Crippen LogP contribution is 2.31. The van der Waals surface area contributed by atoms with Crippen molar-refractivity contribution in [1.82, 2.24) is 4.98 Å². The van der Waals surface area contributed by atoms with Gasteiger partial charge in [-0.2, -0.15) is 0 Å². The first-order chi connectivity index (χ1) is 9.22. The first-order valence-electron chi connectivity index (χ1n) is 5.87. The van der Waals surface area contributed by atoms with E-state index < -0.39 is 0 Å². The van der Waals surface area contributed by atoms with Gasteiger partial charge in [0.1, 0.15) is 10.8 Å². The smallest absolute Gasteiger partial charge is 0.308 e. The van der Waals surface area contributed by atoms with Crippen LogP contribution < -0.4 is 4.74 Å². The number of hydrogen-bond donors (Lipinski definition) is 0. The zero-order chi connectivity index (χ0) is 13.2. The monoisotopic (exact) mass is 269 g/mol. The molecule has 19 heavy (non-hydrogen) atoms. The van der Waals surface area contributed by atoms with E-state index in [0.29, 0.717) is 5.75 Å². The lowest BCUT2D eigenvalue weighted by atomic mass is 10.2. The summed E-state index contributed by atoms with van der Waals surface area (Å²) in [7, 11) is 0. The fourth-order valence-corrected chi connectivity index (χ4v) is 2.82. The Bertz CT molecular complexity index is 715. The molecule has 1 heterocycles. The molecule has 0 spiro atoms. The van der Waals surface area contributed by atoms with Crippen LogP contribution in [0.1, 0.15) is 6.92 Å². The summed E-state index contributed by atoms with van der Waals surface area (Å²) in [5.41, 5.74) is 1.94. The predicted octanol–water partition coefficient (Wildman–Crippen LogP) is 3.89. The van der Waals surface area contributed by atoms with E-state index in [1.807, 2.05) is 42.5 Å². The van der Waals surface area contributed by atoms with E-state index in [0.717, 1.165) is 20.8 Å². The Labute approximate surface area is 114 Å². The Kier molecular flexibility index (Phi) is 3.01. The maximum atomic E-state index is 11.0. The summed E-state index contributed by atoms with van der Waals surface area (Å²) in [5, 5.41) is 0.926. The van der Waals surface area contributed by atoms with Gasteiger partial charge in [-0.25, -0.2) is 4.98 Å². The topological polar surface area (TPSA) is 39.2 Å². The molecule has 0 aliphatic heterocycles. The van der Waals surface area contributed by atoms with Crippen molar-refractivity contribution in [3.8, 4) is 16.3 Å². The summed E-state index contributed by atoms with van der Waals surface area (Å²) >= 11 is 1.63. The van der Waals surface area contributed by atoms with Gasteiger partial charge >= 0.3 is 5.97 Å². The van der Waals surface area contributed by atoms with Gasteiger partial charge in [-0.05, 0) is 24.3 Å². The van der Waals surface area contributed by atoms with E-state index in [1.165, 1.54) is 6.92 Å². The van der Waals surface area contributed by atoms with Crippen LogP contribution in [0.15, 0.2) is 48.5 Å². The average molecular weight is 269 g/mol. The third kappa shape index (κ3) is 2.48. The minimum Gasteiger partial charge on any atom is -0.427 e. The molecule has 1 aromatic heterocycles. The lowest BCUT2D eigenvalue weighted by Gasteiger charge is -2.02. The summed E-state index contributed by atoms with van der Waals surface area (Å²) in [6, 6.07) is 15.4. The SMILES string of the molecule is CC(=O)Oc1cccc(-c2nc3ccccc3s2)c1. The van der Waals surface area contributed by atoms with E-state index in [2.05, 4.69) is 4.98 Å². The summed E-state index contributed by atoms with van der Waals surface area (Å²) in [6.45, 7) is 1.39. The van der Waals surface area contributed by atoms with Crippen LogP contribution in [0.4, 0.5) is 0 Å². The van der Waals surface area contributed by atoms with Crippen molar-refractivity contribution in [3.05, 3.63) is 48.5 Å². The van der Waals surface area contributed by atoms with Gasteiger partial charge in [0.2, 0.25) is 0 Å². The van der Waals surface area contributed by atoms with Crippen LogP contribution in [0, 0.1) is 0 Å². The maximum Gasteiger partial charge on any atom is 0.308 e. The minimum atomic E-state index is -0.318. The summed E-state index contributed by atoms with van der Waals surface area (Å²) < 4.78 is 6.24. The van der Waals surface area contributed by atoms with Gasteiger partial charge in [0.25, 0.3) is 0 Å². The second-order valence-corrected chi connectivity index (χ2v) is 5.14. The molecular weight excluding hydrogens is 258 g/mol. The van der Waals surface area contributed by atoms with Crippen molar-refractivity contribution in [2.24, 2.45) is 0 Å². The molecule has 0 fully saturated rings. The van der Waals surface area contributed by atoms with Gasteiger partial charge in [-0.1, -0.05) is 24.3 Å². The molecule has 0 bridgehead atoms. The number of thiazole rings is 1. The Morgan fingerprint density at radius 3 is 2.79 bits per heavy atom. The Balaban J connectivity index is 2.03. The number of carbonyl (C=O) groups is 1. The number of esters is 1. The van der Waals surface area contributed by atoms with Gasteiger partial charge in [-0.15, -0.1) is 11.3 Å². The molecule has 2 aromatic carbocycles. The van der Waals surface area contributed by atoms with E-state index in [-0.39, 0.29) is 5.97 Å². The molecule has 0 radical (unpaired) electrons. The molecule has 94 valence electrons. The van der Waals surface area contributed by atoms with Crippen LogP contribution in [0.25, 0.3) is 20.8 Å². The second-order valence-electron chi connectivity index (χ2n) is 4.11. The number of carbonyl (C=O) groups excluding carboxylic acids is 1. The fourth-order valence-electron chi connectivity index (χ4n) is 1.85. The van der Waals surface area contributed by atoms with Crippen molar-refractivity contribution in [2.45, 2.75) is 6.92 Å². The number of benzene rings is 2. The Morgan fingerprint density at radius 1 is 1.16 bits per heavy atom. The lowest BCUT2D eigenvalue weighted by Crippen LogP contribution is -2.00. The molecule has 3 rings (SSSR count). The van der Waals surface area contributed by atoms with E-state index >= 15 is 0 Å². The average Bonchev–Trinajstić information content (AvgIpc) is 2.82. The lowest BCUT2D eigenvalue weighted by molar-refractivity contribution is -0.131. The van der Waals surface area contributed by atoms with Crippen molar-refractivity contribution >= 4 is 27.5 Å². The van der Waals surface area contributed by atoms with Gasteiger partial charge in [0.05, 0.1) is 10.2 Å². The van der Waals surface area contributed by atoms with Crippen LogP contribution in [0.2, 0.25) is 0 Å². The van der Waals surface area contributed by atoms with Crippen molar-refractivity contribution in [2.75, 3.05) is 0 Å². The third-order valence-corrected chi connectivity index (χ3v) is 3.72. The molecule has 3 aromatic rings. The largest absolute Gasteiger partial charge is 0.427 e. The molecule has 0 saturated carbocycles. The first-order valence-corrected chi connectivity index (χ1v) is 6.68. The first kappa shape index (κ1) is 11.9. The molecule has 0 saturated heterocycles. The third-order valence-electron chi connectivity index (χ3n) is 2.64. The maximum absolute atomic E-state index is 11.0. The van der Waals surface area contributed by atoms with Crippen LogP contribution in [0.3, 0.4) is 0 Å². The number of hydrogen-bond acceptors (Lipinski definition) is 4. The number of rotatable bonds is 2. The van der Waals surface area contributed by atoms with Gasteiger partial charge in [-0.3, -0.25) is 4.79 Å². The van der Waals surface area contributed by atoms with Gasteiger partial charge < -0.3 is 4.74 Å². The number of nitrogens with zero attached hydrogens (tertiary/aromatic N) is 1. The highest BCUT2D eigenvalue weighted by atomic mass is 32.1. The molecule has 0 amide bonds. The number of para-hydroxylation sites is 1. The van der Waals surface area contributed by atoms with E-state index in [1.54, 1.807) is 17.4 Å². The van der Waals surface area contributed by atoms with Crippen molar-refractivity contribution in [3.63, 3.8) is 0 Å². The summed E-state index contributed by atoms with van der Waals surface area (Å²) in [5.74, 6) is 0.228. The number of fused-ring (bicyclic) bond motifs is 1. The molecule has 0 aliphatic rings. The highest BCUT2D eigenvalue weighted by Gasteiger charge is 2.07. The molecule has 0 aliphatic carbocycles. The van der Waals surface area contributed by atoms with Crippen LogP contribution in [0.5, 0.6) is 5.75 Å². The Hall–Kier alpha value is -2.20. The highest BCUT2D eigenvalue weighted by molar-refractivity contribution is 7.21. The molecule has 0 atom stereocenters. The quantitative estimate of drug-likeness (QED) is 0.523. The van der Waals surface area contributed by atoms with Crippen LogP contribution >= 0.6 is 11.3 Å². The fraction of sp³-hybridized carbons (Fsp3) is 0.0667. The van der Waals surface area contributed by atoms with Gasteiger partial charge in [0, 0.05) is 12.5 Å². The zero-order valence-electron chi connectivity index (χ0n) is 10.3. The summed E-state index contributed by atoms with van der Waals surface area (Å²) in [6.07, 6.45) is 0. The van der Waals surface area contributed by atoms with Crippen LogP contribution in [-0.4, -0.2) is 11.0 Å². The second kappa shape index (κ2) is 4.82. The summed E-state index contributed by atoms with van der Waals surface area (Å²) in [4.78, 5) is 15.5. The Morgan fingerprint density at radius 2 is 2.00 bits per heavy atom. The molecule has 3 nitrogen and oxygen atoms in total. The van der Waals surface area contributed by atoms with Gasteiger partial charge in [0.15, 0.2) is 0 Å². The van der Waals surface area contributed by atoms with Crippen molar-refractivity contribution in [1.29, 1.82) is 0 Å². The number of ether oxygens (including phenoxy) is 1. The minimum absolute atomic E-state index is 0.318. The van der Waals surface area contributed by atoms with E-state index in [9.17, 15) is 4.79 Å². The normalized spacial score (nSPS) is 10.6. The van der Waals surface area contributed by atoms with E-state index in [4.69, 9.17) is 4.74 Å².